The predicted octanol–water partition coefficient (Wildman–Crippen LogP) is 3.10. The maximum atomic E-state index is 12.3. The van der Waals surface area contributed by atoms with Crippen LogP contribution in [-0.2, 0) is 9.47 Å². The molecule has 1 fully saturated rings. The molecule has 2 heterocycles. The van der Waals surface area contributed by atoms with Crippen molar-refractivity contribution in [1.29, 1.82) is 0 Å². The van der Waals surface area contributed by atoms with Gasteiger partial charge in [0.1, 0.15) is 24.1 Å². The van der Waals surface area contributed by atoms with Crippen molar-refractivity contribution in [2.75, 3.05) is 18.5 Å². The number of aliphatic hydroxyl groups is 3. The minimum absolute atomic E-state index is 0.00712. The molecule has 0 unspecified atom stereocenters. The van der Waals surface area contributed by atoms with Crippen molar-refractivity contribution in [2.45, 2.75) is 109 Å². The zero-order chi connectivity index (χ0) is 24.8. The van der Waals surface area contributed by atoms with E-state index in [1.165, 1.54) is 70.1 Å². The van der Waals surface area contributed by atoms with Crippen LogP contribution in [0.5, 0.6) is 0 Å². The predicted molar refractivity (Wildman–Crippen MR) is 128 cm³/mol. The second-order valence-electron chi connectivity index (χ2n) is 8.88. The first-order valence-electron chi connectivity index (χ1n) is 12.6. The highest BCUT2D eigenvalue weighted by molar-refractivity contribution is 5.83. The highest BCUT2D eigenvalue weighted by atomic mass is 16.6. The number of ether oxygens (including phenoxy) is 2. The molecule has 194 valence electrons. The van der Waals surface area contributed by atoms with Gasteiger partial charge in [-0.15, -0.1) is 0 Å². The van der Waals surface area contributed by atoms with Crippen molar-refractivity contribution in [2.24, 2.45) is 0 Å². The average molecular weight is 484 g/mol. The Kier molecular flexibility index (Phi) is 13.1. The van der Waals surface area contributed by atoms with Crippen LogP contribution < -0.4 is 11.0 Å². The van der Waals surface area contributed by atoms with Gasteiger partial charge >= 0.3 is 11.8 Å². The molecule has 1 aromatic heterocycles. The maximum Gasteiger partial charge on any atom is 0.412 e. The summed E-state index contributed by atoms with van der Waals surface area (Å²) in [4.78, 5) is 27.9. The van der Waals surface area contributed by atoms with Gasteiger partial charge in [-0.3, -0.25) is 9.88 Å². The quantitative estimate of drug-likeness (QED) is 0.263. The zero-order valence-corrected chi connectivity index (χ0v) is 20.2. The van der Waals surface area contributed by atoms with Gasteiger partial charge in [0.05, 0.1) is 13.2 Å². The number of nitrogens with zero attached hydrogens (tertiary/aromatic N) is 2. The summed E-state index contributed by atoms with van der Waals surface area (Å²) < 4.78 is 11.4. The van der Waals surface area contributed by atoms with Gasteiger partial charge in [-0.2, -0.15) is 4.98 Å². The van der Waals surface area contributed by atoms with Crippen LogP contribution in [0.2, 0.25) is 0 Å². The number of aliphatic hydroxyl groups excluding tert-OH is 3. The second kappa shape index (κ2) is 15.8. The molecule has 0 bridgehead atoms. The first-order chi connectivity index (χ1) is 16.5. The van der Waals surface area contributed by atoms with Crippen LogP contribution in [-0.4, -0.2) is 62.5 Å². The third-order valence-corrected chi connectivity index (χ3v) is 6.08. The molecule has 1 aromatic rings. The molecule has 4 atom stereocenters. The number of rotatable bonds is 16. The van der Waals surface area contributed by atoms with E-state index in [1.54, 1.807) is 0 Å². The van der Waals surface area contributed by atoms with Gasteiger partial charge < -0.3 is 24.8 Å². The summed E-state index contributed by atoms with van der Waals surface area (Å²) >= 11 is 0. The number of unbranched alkanes of at least 4 members (excludes halogenated alkanes) is 11. The molecule has 34 heavy (non-hydrogen) atoms. The van der Waals surface area contributed by atoms with Gasteiger partial charge in [0.25, 0.3) is 0 Å². The van der Waals surface area contributed by atoms with Crippen LogP contribution >= 0.6 is 0 Å². The Hall–Kier alpha value is -2.01. The summed E-state index contributed by atoms with van der Waals surface area (Å²) in [5.41, 5.74) is -0.784. The van der Waals surface area contributed by atoms with Gasteiger partial charge in [-0.1, -0.05) is 77.6 Å². The highest BCUT2D eigenvalue weighted by Crippen LogP contribution is 2.28. The van der Waals surface area contributed by atoms with E-state index in [-0.39, 0.29) is 5.82 Å². The molecular weight excluding hydrogens is 442 g/mol. The standard InChI is InChI=1S/C24H41N3O7/c1-2-3-4-5-6-7-8-9-10-11-12-13-16-33-24(32)26-19-14-15-27(23(31)25-19)22-21(30)20(29)18(17-28)34-22/h14-15,18,20-22,28-30H,2-13,16-17H2,1H3,(H,25,26,31,32)/t18-,20-,21+,22-/m1/s1. The normalized spacial score (nSPS) is 22.1. The van der Waals surface area contributed by atoms with E-state index < -0.39 is 42.9 Å². The van der Waals surface area contributed by atoms with Crippen LogP contribution in [0.1, 0.15) is 90.2 Å². The number of carbonyl (C=O) groups excluding carboxylic acids is 1. The lowest BCUT2D eigenvalue weighted by Gasteiger charge is -2.17. The SMILES string of the molecule is CCCCCCCCCCCCCCOC(=O)Nc1ccn([C@@H]2O[C@H](CO)[C@@H](O)[C@@H]2O)c(=O)n1. The summed E-state index contributed by atoms with van der Waals surface area (Å²) in [6.45, 7) is 2.03. The summed E-state index contributed by atoms with van der Waals surface area (Å²) in [5.74, 6) is 0.00712. The molecule has 0 spiro atoms. The van der Waals surface area contributed by atoms with Crippen LogP contribution in [0.15, 0.2) is 17.1 Å². The van der Waals surface area contributed by atoms with Gasteiger partial charge in [0.15, 0.2) is 6.23 Å². The average Bonchev–Trinajstić information content (AvgIpc) is 3.10. The van der Waals surface area contributed by atoms with E-state index in [2.05, 4.69) is 17.2 Å². The second-order valence-corrected chi connectivity index (χ2v) is 8.88. The molecule has 1 aliphatic rings. The third-order valence-electron chi connectivity index (χ3n) is 6.08. The van der Waals surface area contributed by atoms with Crippen molar-refractivity contribution < 1.29 is 29.6 Å². The summed E-state index contributed by atoms with van der Waals surface area (Å²) in [6, 6.07) is 1.36. The van der Waals surface area contributed by atoms with E-state index >= 15 is 0 Å². The Balaban J connectivity index is 1.58. The number of aromatic nitrogens is 2. The zero-order valence-electron chi connectivity index (χ0n) is 20.2. The summed E-state index contributed by atoms with van der Waals surface area (Å²) in [7, 11) is 0. The molecule has 1 aliphatic heterocycles. The van der Waals surface area contributed by atoms with E-state index in [0.29, 0.717) is 6.61 Å². The maximum absolute atomic E-state index is 12.3. The number of carbonyl (C=O) groups is 1. The Morgan fingerprint density at radius 2 is 1.62 bits per heavy atom. The molecule has 2 rings (SSSR count). The third kappa shape index (κ3) is 9.32. The van der Waals surface area contributed by atoms with E-state index in [4.69, 9.17) is 14.6 Å². The van der Waals surface area contributed by atoms with Crippen molar-refractivity contribution in [3.8, 4) is 0 Å². The van der Waals surface area contributed by atoms with Gasteiger partial charge in [0.2, 0.25) is 0 Å². The van der Waals surface area contributed by atoms with Gasteiger partial charge in [-0.25, -0.2) is 9.59 Å². The lowest BCUT2D eigenvalue weighted by atomic mass is 10.1. The fourth-order valence-corrected chi connectivity index (χ4v) is 4.03. The molecule has 4 N–H and O–H groups in total. The highest BCUT2D eigenvalue weighted by Gasteiger charge is 2.43. The smallest absolute Gasteiger partial charge is 0.412 e. The van der Waals surface area contributed by atoms with Crippen LogP contribution in [0.4, 0.5) is 10.6 Å². The molecule has 0 saturated carbocycles. The number of hydrogen-bond donors (Lipinski definition) is 4. The van der Waals surface area contributed by atoms with E-state index in [1.807, 2.05) is 0 Å². The Morgan fingerprint density at radius 1 is 1.03 bits per heavy atom. The number of amides is 1. The first kappa shape index (κ1) is 28.2. The largest absolute Gasteiger partial charge is 0.449 e. The lowest BCUT2D eigenvalue weighted by molar-refractivity contribution is -0.0549. The monoisotopic (exact) mass is 483 g/mol. The van der Waals surface area contributed by atoms with E-state index in [9.17, 15) is 19.8 Å². The van der Waals surface area contributed by atoms with E-state index in [0.717, 1.165) is 23.8 Å². The van der Waals surface area contributed by atoms with Crippen LogP contribution in [0.25, 0.3) is 0 Å². The Morgan fingerprint density at radius 3 is 2.15 bits per heavy atom. The number of anilines is 1. The molecular formula is C24H41N3O7. The molecule has 0 aliphatic carbocycles. The molecule has 1 saturated heterocycles. The fourth-order valence-electron chi connectivity index (χ4n) is 4.03. The molecule has 0 radical (unpaired) electrons. The van der Waals surface area contributed by atoms with Crippen molar-refractivity contribution in [3.05, 3.63) is 22.7 Å². The Bertz CT molecular complexity index is 773. The molecule has 10 heteroatoms. The molecule has 1 amide bonds. The minimum atomic E-state index is -1.39. The summed E-state index contributed by atoms with van der Waals surface area (Å²) in [6.07, 6.45) is 10.4. The van der Waals surface area contributed by atoms with Crippen molar-refractivity contribution in [3.63, 3.8) is 0 Å². The topological polar surface area (TPSA) is 143 Å². The molecule has 0 aromatic carbocycles. The molecule has 10 nitrogen and oxygen atoms in total. The van der Waals surface area contributed by atoms with Gasteiger partial charge in [0, 0.05) is 6.20 Å². The number of hydrogen-bond acceptors (Lipinski definition) is 8. The number of nitrogens with one attached hydrogen (secondary N) is 1. The lowest BCUT2D eigenvalue weighted by Crippen LogP contribution is -2.36. The Labute approximate surface area is 201 Å². The minimum Gasteiger partial charge on any atom is -0.449 e. The van der Waals surface area contributed by atoms with Crippen LogP contribution in [0, 0.1) is 0 Å². The van der Waals surface area contributed by atoms with Crippen molar-refractivity contribution in [1.82, 2.24) is 9.55 Å². The first-order valence-corrected chi connectivity index (χ1v) is 12.6. The summed E-state index contributed by atoms with van der Waals surface area (Å²) in [5, 5.41) is 31.4. The van der Waals surface area contributed by atoms with Crippen LogP contribution in [0.3, 0.4) is 0 Å². The fraction of sp³-hybridized carbons (Fsp3) is 0.792. The van der Waals surface area contributed by atoms with Crippen molar-refractivity contribution >= 4 is 11.9 Å². The van der Waals surface area contributed by atoms with Gasteiger partial charge in [-0.05, 0) is 12.5 Å².